The van der Waals surface area contributed by atoms with E-state index in [1.165, 1.54) is 36.3 Å². The van der Waals surface area contributed by atoms with Crippen LogP contribution in [0.4, 0.5) is 14.9 Å². The normalized spacial score (nSPS) is 14.8. The molecule has 1 fully saturated rings. The van der Waals surface area contributed by atoms with Crippen LogP contribution in [-0.4, -0.2) is 37.6 Å². The number of nitrogens with zero attached hydrogens (tertiary/aromatic N) is 1. The molecule has 0 spiro atoms. The maximum absolute atomic E-state index is 13.7. The van der Waals surface area contributed by atoms with Gasteiger partial charge in [0.2, 0.25) is 11.8 Å². The number of carbonyl (C=O) groups excluding carboxylic acids is 3. The summed E-state index contributed by atoms with van der Waals surface area (Å²) in [5.74, 6) is -1.30. The van der Waals surface area contributed by atoms with E-state index in [0.29, 0.717) is 11.3 Å². The lowest BCUT2D eigenvalue weighted by atomic mass is 9.93. The predicted molar refractivity (Wildman–Crippen MR) is 123 cm³/mol. The lowest BCUT2D eigenvalue weighted by molar-refractivity contribution is -0.127. The summed E-state index contributed by atoms with van der Waals surface area (Å²) in [5.41, 5.74) is 1.84. The van der Waals surface area contributed by atoms with Crippen molar-refractivity contribution in [2.45, 2.75) is 51.1 Å². The first-order chi connectivity index (χ1) is 15.9. The zero-order chi connectivity index (χ0) is 23.8. The van der Waals surface area contributed by atoms with Gasteiger partial charge in [0, 0.05) is 11.7 Å². The number of rotatable bonds is 7. The Labute approximate surface area is 193 Å². The molecule has 0 aromatic heterocycles. The molecule has 0 radical (unpaired) electrons. The molecular formula is C25H30FN3O4. The highest BCUT2D eigenvalue weighted by Crippen LogP contribution is 2.31. The minimum absolute atomic E-state index is 0.0381. The number of amides is 3. The van der Waals surface area contributed by atoms with Gasteiger partial charge >= 0.3 is 6.09 Å². The molecule has 1 unspecified atom stereocenters. The maximum atomic E-state index is 13.7. The van der Waals surface area contributed by atoms with Crippen molar-refractivity contribution in [1.29, 1.82) is 0 Å². The molecule has 7 nitrogen and oxygen atoms in total. The fourth-order valence-electron chi connectivity index (χ4n) is 4.16. The van der Waals surface area contributed by atoms with E-state index in [-0.39, 0.29) is 18.5 Å². The number of anilines is 1. The molecule has 1 atom stereocenters. The molecule has 1 aliphatic carbocycles. The summed E-state index contributed by atoms with van der Waals surface area (Å²) in [7, 11) is 1.20. The van der Waals surface area contributed by atoms with Gasteiger partial charge in [0.05, 0.1) is 7.11 Å². The Kier molecular flexibility index (Phi) is 8.40. The zero-order valence-electron chi connectivity index (χ0n) is 19.0. The number of aryl methyl sites for hydroxylation is 1. The maximum Gasteiger partial charge on any atom is 0.407 e. The van der Waals surface area contributed by atoms with E-state index in [2.05, 4.69) is 15.4 Å². The van der Waals surface area contributed by atoms with Crippen LogP contribution in [0.15, 0.2) is 48.5 Å². The van der Waals surface area contributed by atoms with Crippen molar-refractivity contribution in [1.82, 2.24) is 10.6 Å². The summed E-state index contributed by atoms with van der Waals surface area (Å²) in [6.07, 6.45) is 4.25. The Bertz CT molecular complexity index is 974. The van der Waals surface area contributed by atoms with Crippen LogP contribution in [-0.2, 0) is 14.3 Å². The number of methoxy groups -OCH3 is 1. The first-order valence-electron chi connectivity index (χ1n) is 11.2. The van der Waals surface area contributed by atoms with Crippen LogP contribution < -0.4 is 15.5 Å². The first-order valence-corrected chi connectivity index (χ1v) is 11.2. The van der Waals surface area contributed by atoms with E-state index in [4.69, 9.17) is 0 Å². The van der Waals surface area contributed by atoms with Gasteiger partial charge < -0.3 is 15.4 Å². The van der Waals surface area contributed by atoms with Gasteiger partial charge in [-0.2, -0.15) is 0 Å². The minimum atomic E-state index is -0.995. The van der Waals surface area contributed by atoms with Crippen LogP contribution in [0.1, 0.15) is 49.3 Å². The van der Waals surface area contributed by atoms with Crippen molar-refractivity contribution in [2.75, 3.05) is 18.6 Å². The quantitative estimate of drug-likeness (QED) is 0.660. The molecule has 33 heavy (non-hydrogen) atoms. The lowest BCUT2D eigenvalue weighted by Crippen LogP contribution is -2.50. The van der Waals surface area contributed by atoms with Crippen LogP contribution in [0.3, 0.4) is 0 Å². The van der Waals surface area contributed by atoms with Crippen molar-refractivity contribution in [2.24, 2.45) is 0 Å². The summed E-state index contributed by atoms with van der Waals surface area (Å²) >= 11 is 0. The second-order valence-corrected chi connectivity index (χ2v) is 8.19. The summed E-state index contributed by atoms with van der Waals surface area (Å²) in [6.45, 7) is 1.49. The number of carbonyl (C=O) groups is 3. The highest BCUT2D eigenvalue weighted by atomic mass is 19.1. The standard InChI is InChI=1S/C25H30FN3O4/c1-17-8-6-7-11-21(17)23(24(31)28-19-9-4-3-5-10-19)29(20-14-12-18(26)13-15-20)22(30)16-27-25(32)33-2/h6-8,11-15,19,23H,3-5,9-10,16H2,1-2H3,(H,27,32)(H,28,31). The predicted octanol–water partition coefficient (Wildman–Crippen LogP) is 4.01. The average molecular weight is 456 g/mol. The third kappa shape index (κ3) is 6.31. The number of halogens is 1. The van der Waals surface area contributed by atoms with E-state index in [0.717, 1.165) is 37.7 Å². The number of ether oxygens (including phenoxy) is 1. The van der Waals surface area contributed by atoms with Crippen LogP contribution in [0, 0.1) is 12.7 Å². The largest absolute Gasteiger partial charge is 0.453 e. The smallest absolute Gasteiger partial charge is 0.407 e. The van der Waals surface area contributed by atoms with E-state index in [1.54, 1.807) is 6.07 Å². The molecule has 0 bridgehead atoms. The molecule has 3 amide bonds. The van der Waals surface area contributed by atoms with E-state index in [1.807, 2.05) is 25.1 Å². The van der Waals surface area contributed by atoms with Gasteiger partial charge in [-0.15, -0.1) is 0 Å². The summed E-state index contributed by atoms with van der Waals surface area (Å²) in [4.78, 5) is 39.9. The second kappa shape index (κ2) is 11.4. The SMILES string of the molecule is COC(=O)NCC(=O)N(c1ccc(F)cc1)C(C(=O)NC1CCCCC1)c1ccccc1C. The number of hydrogen-bond donors (Lipinski definition) is 2. The zero-order valence-corrected chi connectivity index (χ0v) is 19.0. The summed E-state index contributed by atoms with van der Waals surface area (Å²) in [5, 5.41) is 5.50. The molecule has 3 rings (SSSR count). The average Bonchev–Trinajstić information content (AvgIpc) is 2.82. The molecule has 2 aromatic carbocycles. The summed E-state index contributed by atoms with van der Waals surface area (Å²) < 4.78 is 18.2. The molecule has 0 aliphatic heterocycles. The Morgan fingerprint density at radius 2 is 1.73 bits per heavy atom. The van der Waals surface area contributed by atoms with E-state index < -0.39 is 23.9 Å². The van der Waals surface area contributed by atoms with Crippen LogP contribution in [0.5, 0.6) is 0 Å². The van der Waals surface area contributed by atoms with Crippen LogP contribution in [0.25, 0.3) is 0 Å². The van der Waals surface area contributed by atoms with Gasteiger partial charge in [-0.3, -0.25) is 14.5 Å². The van der Waals surface area contributed by atoms with Gasteiger partial charge in [-0.1, -0.05) is 43.5 Å². The highest BCUT2D eigenvalue weighted by Gasteiger charge is 2.35. The number of benzene rings is 2. The number of nitrogens with one attached hydrogen (secondary N) is 2. The topological polar surface area (TPSA) is 87.7 Å². The third-order valence-electron chi connectivity index (χ3n) is 5.88. The molecular weight excluding hydrogens is 425 g/mol. The number of hydrogen-bond acceptors (Lipinski definition) is 4. The van der Waals surface area contributed by atoms with Crippen molar-refractivity contribution >= 4 is 23.6 Å². The molecule has 176 valence electrons. The summed E-state index contributed by atoms with van der Waals surface area (Å²) in [6, 6.07) is 11.8. The van der Waals surface area contributed by atoms with Gasteiger partial charge in [-0.05, 0) is 55.2 Å². The van der Waals surface area contributed by atoms with Crippen LogP contribution >= 0.6 is 0 Å². The van der Waals surface area contributed by atoms with Crippen molar-refractivity contribution < 1.29 is 23.5 Å². The molecule has 0 saturated heterocycles. The van der Waals surface area contributed by atoms with Crippen molar-refractivity contribution in [3.05, 3.63) is 65.5 Å². The molecule has 1 saturated carbocycles. The Morgan fingerprint density at radius 1 is 1.06 bits per heavy atom. The van der Waals surface area contributed by atoms with Gasteiger partial charge in [-0.25, -0.2) is 9.18 Å². The van der Waals surface area contributed by atoms with Crippen LogP contribution in [0.2, 0.25) is 0 Å². The number of alkyl carbamates (subject to hydrolysis) is 1. The van der Waals surface area contributed by atoms with E-state index >= 15 is 0 Å². The Hall–Kier alpha value is -3.42. The molecule has 2 aromatic rings. The molecule has 0 heterocycles. The fourth-order valence-corrected chi connectivity index (χ4v) is 4.16. The Balaban J connectivity index is 2.02. The Morgan fingerprint density at radius 3 is 2.36 bits per heavy atom. The van der Waals surface area contributed by atoms with Gasteiger partial charge in [0.15, 0.2) is 0 Å². The minimum Gasteiger partial charge on any atom is -0.453 e. The molecule has 8 heteroatoms. The van der Waals surface area contributed by atoms with Gasteiger partial charge in [0.25, 0.3) is 0 Å². The van der Waals surface area contributed by atoms with E-state index in [9.17, 15) is 18.8 Å². The van der Waals surface area contributed by atoms with Crippen molar-refractivity contribution in [3.8, 4) is 0 Å². The highest BCUT2D eigenvalue weighted by molar-refractivity contribution is 6.03. The lowest BCUT2D eigenvalue weighted by Gasteiger charge is -2.34. The van der Waals surface area contributed by atoms with Crippen molar-refractivity contribution in [3.63, 3.8) is 0 Å². The fraction of sp³-hybridized carbons (Fsp3) is 0.400. The monoisotopic (exact) mass is 455 g/mol. The molecule has 2 N–H and O–H groups in total. The third-order valence-corrected chi connectivity index (χ3v) is 5.88. The first kappa shape index (κ1) is 24.2. The molecule has 1 aliphatic rings. The van der Waals surface area contributed by atoms with Gasteiger partial charge in [0.1, 0.15) is 18.4 Å². The second-order valence-electron chi connectivity index (χ2n) is 8.19.